The molecule has 2 N–H and O–H groups in total. The van der Waals surface area contributed by atoms with Crippen molar-refractivity contribution in [2.24, 2.45) is 0 Å². The number of imidazole rings is 1. The van der Waals surface area contributed by atoms with E-state index < -0.39 is 42.9 Å². The van der Waals surface area contributed by atoms with E-state index in [2.05, 4.69) is 15.3 Å². The van der Waals surface area contributed by atoms with E-state index in [1.807, 2.05) is 0 Å². The van der Waals surface area contributed by atoms with Crippen molar-refractivity contribution in [2.75, 3.05) is 23.3 Å². The maximum atomic E-state index is 13.7. The lowest BCUT2D eigenvalue weighted by molar-refractivity contribution is -0.140. The first kappa shape index (κ1) is 23.8. The van der Waals surface area contributed by atoms with Gasteiger partial charge in [0.15, 0.2) is 5.69 Å². The zero-order valence-electron chi connectivity index (χ0n) is 19.1. The number of carboxylic acid groups (broad SMARTS) is 1. The van der Waals surface area contributed by atoms with E-state index in [0.29, 0.717) is 22.2 Å². The number of rotatable bonds is 5. The van der Waals surface area contributed by atoms with Crippen LogP contribution in [-0.2, 0) is 6.18 Å². The fraction of sp³-hybridized carbons (Fsp3) is 0.292. The summed E-state index contributed by atoms with van der Waals surface area (Å²) >= 11 is 0. The lowest BCUT2D eigenvalue weighted by Crippen LogP contribution is -2.57. The van der Waals surface area contributed by atoms with Crippen LogP contribution in [0.2, 0.25) is 0 Å². The summed E-state index contributed by atoms with van der Waals surface area (Å²) < 4.78 is 69.0. The number of carboxylic acids is 1. The van der Waals surface area contributed by atoms with Crippen LogP contribution in [0, 0.1) is 6.92 Å². The fourth-order valence-electron chi connectivity index (χ4n) is 4.43. The Balaban J connectivity index is 1.70. The Morgan fingerprint density at radius 3 is 2.50 bits per heavy atom. The number of hydrogen-bond donors (Lipinski definition) is 2. The van der Waals surface area contributed by atoms with Gasteiger partial charge in [0.05, 0.1) is 30.2 Å². The molecular formula is C24H20F5N5O2. The Morgan fingerprint density at radius 1 is 1.17 bits per heavy atom. The molecular weight excluding hydrogens is 485 g/mol. The van der Waals surface area contributed by atoms with Gasteiger partial charge >= 0.3 is 12.1 Å². The number of nitrogens with zero attached hydrogens (tertiary/aromatic N) is 4. The number of aromatic nitrogens is 3. The molecule has 7 nitrogen and oxygen atoms in total. The number of benzene rings is 2. The molecule has 0 aliphatic carbocycles. The van der Waals surface area contributed by atoms with Crippen molar-refractivity contribution in [3.8, 4) is 0 Å². The van der Waals surface area contributed by atoms with Crippen LogP contribution in [0.3, 0.4) is 0 Å². The first-order valence-corrected chi connectivity index (χ1v) is 11.0. The highest BCUT2D eigenvalue weighted by molar-refractivity contribution is 5.97. The van der Waals surface area contributed by atoms with Gasteiger partial charge in [0.25, 0.3) is 5.92 Å². The molecule has 2 aromatic heterocycles. The van der Waals surface area contributed by atoms with Crippen LogP contribution in [0.5, 0.6) is 0 Å². The number of alkyl halides is 5. The molecule has 36 heavy (non-hydrogen) atoms. The minimum atomic E-state index is -4.74. The molecule has 0 amide bonds. The summed E-state index contributed by atoms with van der Waals surface area (Å²) in [6.45, 7) is 2.15. The van der Waals surface area contributed by atoms with Crippen molar-refractivity contribution in [1.29, 1.82) is 0 Å². The van der Waals surface area contributed by atoms with E-state index in [1.54, 1.807) is 44.2 Å². The van der Waals surface area contributed by atoms with Gasteiger partial charge in [-0.1, -0.05) is 18.2 Å². The topological polar surface area (TPSA) is 82.8 Å². The summed E-state index contributed by atoms with van der Waals surface area (Å²) in [5.41, 5.74) is 0.721. The van der Waals surface area contributed by atoms with Crippen molar-refractivity contribution < 1.29 is 31.9 Å². The normalized spacial score (nSPS) is 16.2. The van der Waals surface area contributed by atoms with Crippen molar-refractivity contribution >= 4 is 34.2 Å². The lowest BCUT2D eigenvalue weighted by atomic mass is 10.0. The van der Waals surface area contributed by atoms with Gasteiger partial charge in [0.1, 0.15) is 5.65 Å². The fourth-order valence-corrected chi connectivity index (χ4v) is 4.43. The number of aryl methyl sites for hydroxylation is 1. The van der Waals surface area contributed by atoms with Gasteiger partial charge in [-0.25, -0.2) is 23.5 Å². The van der Waals surface area contributed by atoms with Crippen LogP contribution >= 0.6 is 0 Å². The first-order chi connectivity index (χ1) is 16.8. The maximum absolute atomic E-state index is 13.7. The molecule has 0 radical (unpaired) electrons. The molecule has 1 atom stereocenters. The Hall–Kier alpha value is -3.96. The molecule has 0 saturated carbocycles. The second-order valence-electron chi connectivity index (χ2n) is 8.91. The summed E-state index contributed by atoms with van der Waals surface area (Å²) in [6, 6.07) is 9.18. The number of anilines is 2. The Labute approximate surface area is 201 Å². The molecule has 4 aromatic rings. The van der Waals surface area contributed by atoms with Gasteiger partial charge < -0.3 is 15.3 Å². The highest BCUT2D eigenvalue weighted by Crippen LogP contribution is 2.38. The number of halogens is 5. The molecule has 1 aliphatic heterocycles. The van der Waals surface area contributed by atoms with E-state index in [1.165, 1.54) is 11.0 Å². The second kappa shape index (κ2) is 8.04. The van der Waals surface area contributed by atoms with Crippen LogP contribution in [-0.4, -0.2) is 44.5 Å². The number of aromatic carboxylic acids is 1. The molecule has 1 saturated heterocycles. The third-order valence-electron chi connectivity index (χ3n) is 6.07. The molecule has 0 spiro atoms. The lowest BCUT2D eigenvalue weighted by Gasteiger charge is -2.39. The number of nitrogens with one attached hydrogen (secondary N) is 1. The van der Waals surface area contributed by atoms with Gasteiger partial charge in [-0.2, -0.15) is 13.2 Å². The van der Waals surface area contributed by atoms with E-state index in [4.69, 9.17) is 0 Å². The SMILES string of the molecule is Cc1cc([C@@H](C)Nc2ccccc2C(=O)O)c2nc(N3CC(F)(F)C3)n3cc(C(F)(F)F)nc3c2c1. The van der Waals surface area contributed by atoms with E-state index in [0.717, 1.165) is 10.6 Å². The second-order valence-corrected chi connectivity index (χ2v) is 8.91. The Kier molecular flexibility index (Phi) is 5.31. The summed E-state index contributed by atoms with van der Waals surface area (Å²) in [5, 5.41) is 13.0. The minimum Gasteiger partial charge on any atom is -0.478 e. The van der Waals surface area contributed by atoms with E-state index >= 15 is 0 Å². The third kappa shape index (κ3) is 4.06. The number of para-hydroxylation sites is 1. The maximum Gasteiger partial charge on any atom is 0.434 e. The summed E-state index contributed by atoms with van der Waals surface area (Å²) in [5.74, 6) is -4.17. The molecule has 188 valence electrons. The molecule has 1 aliphatic rings. The van der Waals surface area contributed by atoms with Crippen molar-refractivity contribution in [2.45, 2.75) is 32.0 Å². The molecule has 5 rings (SSSR count). The highest BCUT2D eigenvalue weighted by atomic mass is 19.4. The van der Waals surface area contributed by atoms with Gasteiger partial charge in [0.2, 0.25) is 5.95 Å². The zero-order valence-corrected chi connectivity index (χ0v) is 19.1. The smallest absolute Gasteiger partial charge is 0.434 e. The first-order valence-electron chi connectivity index (χ1n) is 11.0. The van der Waals surface area contributed by atoms with Gasteiger partial charge in [-0.15, -0.1) is 0 Å². The molecule has 3 heterocycles. The van der Waals surface area contributed by atoms with E-state index in [-0.39, 0.29) is 22.7 Å². The van der Waals surface area contributed by atoms with Gasteiger partial charge in [0, 0.05) is 22.8 Å². The molecule has 12 heteroatoms. The van der Waals surface area contributed by atoms with Crippen molar-refractivity contribution in [3.63, 3.8) is 0 Å². The van der Waals surface area contributed by atoms with E-state index in [9.17, 15) is 31.9 Å². The van der Waals surface area contributed by atoms with Crippen LogP contribution in [0.4, 0.5) is 33.6 Å². The molecule has 0 unspecified atom stereocenters. The van der Waals surface area contributed by atoms with Gasteiger partial charge in [-0.3, -0.25) is 4.40 Å². The average molecular weight is 505 g/mol. The third-order valence-corrected chi connectivity index (χ3v) is 6.07. The Morgan fingerprint density at radius 2 is 1.86 bits per heavy atom. The Bertz CT molecular complexity index is 1510. The number of hydrogen-bond acceptors (Lipinski definition) is 5. The molecule has 2 aromatic carbocycles. The zero-order chi connectivity index (χ0) is 26.0. The van der Waals surface area contributed by atoms with Crippen molar-refractivity contribution in [3.05, 3.63) is 65.0 Å². The van der Waals surface area contributed by atoms with Gasteiger partial charge in [-0.05, 0) is 37.6 Å². The predicted molar refractivity (Wildman–Crippen MR) is 123 cm³/mol. The standard InChI is InChI=1S/C24H20F5N5O2/c1-12-7-15(13(2)30-17-6-4-3-5-14(17)21(35)36)19-16(8-12)20-31-18(24(27,28)29)9-34(20)22(32-19)33-10-23(25,26)11-33/h3-9,13,30H,10-11H2,1-2H3,(H,35,36)/t13-/m1/s1. The number of carbonyl (C=O) groups is 1. The van der Waals surface area contributed by atoms with Crippen LogP contribution < -0.4 is 10.2 Å². The summed E-state index contributed by atoms with van der Waals surface area (Å²) in [6.07, 6.45) is -3.98. The summed E-state index contributed by atoms with van der Waals surface area (Å²) in [4.78, 5) is 21.2. The van der Waals surface area contributed by atoms with Crippen LogP contribution in [0.15, 0.2) is 42.6 Å². The molecule has 1 fully saturated rings. The highest BCUT2D eigenvalue weighted by Gasteiger charge is 2.46. The van der Waals surface area contributed by atoms with Crippen LogP contribution in [0.25, 0.3) is 16.6 Å². The number of fused-ring (bicyclic) bond motifs is 3. The monoisotopic (exact) mass is 505 g/mol. The predicted octanol–water partition coefficient (Wildman–Crippen LogP) is 5.54. The average Bonchev–Trinajstić information content (AvgIpc) is 3.23. The van der Waals surface area contributed by atoms with Crippen LogP contribution in [0.1, 0.15) is 40.1 Å². The quantitative estimate of drug-likeness (QED) is 0.347. The largest absolute Gasteiger partial charge is 0.478 e. The minimum absolute atomic E-state index is 0.0447. The molecule has 0 bridgehead atoms. The summed E-state index contributed by atoms with van der Waals surface area (Å²) in [7, 11) is 0. The van der Waals surface area contributed by atoms with Crippen molar-refractivity contribution in [1.82, 2.24) is 14.4 Å².